The largest absolute Gasteiger partial charge is 0.482 e. The van der Waals surface area contributed by atoms with Crippen molar-refractivity contribution >= 4 is 5.97 Å². The van der Waals surface area contributed by atoms with Crippen molar-refractivity contribution < 1.29 is 27.4 Å². The van der Waals surface area contributed by atoms with Gasteiger partial charge in [0.05, 0.1) is 11.1 Å². The molecule has 174 valence electrons. The van der Waals surface area contributed by atoms with Crippen LogP contribution in [0.5, 0.6) is 11.5 Å². The third-order valence-corrected chi connectivity index (χ3v) is 7.77. The van der Waals surface area contributed by atoms with Crippen molar-refractivity contribution in [2.24, 2.45) is 23.7 Å². The van der Waals surface area contributed by atoms with E-state index in [0.717, 1.165) is 43.4 Å². The van der Waals surface area contributed by atoms with Crippen LogP contribution in [-0.4, -0.2) is 11.6 Å². The SMILES string of the molecule is C=C(C)C1(Oc2cc(C(=O)Oc3ccccc3)ccc2C(F)(F)F)C2CC3CC(C2)CC1C3. The Kier molecular flexibility index (Phi) is 5.30. The highest BCUT2D eigenvalue weighted by atomic mass is 19.4. The molecule has 6 heteroatoms. The number of esters is 1. The molecule has 6 rings (SSSR count). The summed E-state index contributed by atoms with van der Waals surface area (Å²) in [6, 6.07) is 11.7. The van der Waals surface area contributed by atoms with Crippen LogP contribution in [0.25, 0.3) is 0 Å². The molecule has 0 atom stereocenters. The molecular formula is C27H27F3O3. The second-order valence-corrected chi connectivity index (χ2v) is 9.89. The second-order valence-electron chi connectivity index (χ2n) is 9.89. The lowest BCUT2D eigenvalue weighted by molar-refractivity contribution is -0.151. The third-order valence-electron chi connectivity index (χ3n) is 7.77. The average Bonchev–Trinajstić information content (AvgIpc) is 2.75. The summed E-state index contributed by atoms with van der Waals surface area (Å²) in [7, 11) is 0. The number of carbonyl (C=O) groups is 1. The highest BCUT2D eigenvalue weighted by Gasteiger charge is 2.59. The molecule has 0 aromatic heterocycles. The molecule has 0 N–H and O–H groups in total. The Hall–Kier alpha value is -2.76. The minimum Gasteiger partial charge on any atom is -0.482 e. The Bertz CT molecular complexity index is 1050. The van der Waals surface area contributed by atoms with Gasteiger partial charge in [-0.15, -0.1) is 0 Å². The van der Waals surface area contributed by atoms with Crippen LogP contribution in [0.15, 0.2) is 60.7 Å². The van der Waals surface area contributed by atoms with Gasteiger partial charge >= 0.3 is 12.1 Å². The quantitative estimate of drug-likeness (QED) is 0.274. The van der Waals surface area contributed by atoms with Crippen molar-refractivity contribution in [1.29, 1.82) is 0 Å². The highest BCUT2D eigenvalue weighted by Crippen LogP contribution is 2.61. The molecule has 2 aromatic carbocycles. The fourth-order valence-corrected chi connectivity index (χ4v) is 6.64. The smallest absolute Gasteiger partial charge is 0.419 e. The van der Waals surface area contributed by atoms with E-state index >= 15 is 0 Å². The number of hydrogen-bond acceptors (Lipinski definition) is 3. The standard InChI is InChI=1S/C27H27F3O3/c1-16(2)26(20-11-17-10-18(13-20)14-21(26)12-17)33-24-15-19(8-9-23(24)27(28,29)30)25(31)32-22-6-4-3-5-7-22/h3-9,15,17-18,20-21H,1,10-14H2,2H3. The van der Waals surface area contributed by atoms with Crippen LogP contribution in [0.3, 0.4) is 0 Å². The number of halogens is 3. The van der Waals surface area contributed by atoms with E-state index in [4.69, 9.17) is 9.47 Å². The Morgan fingerprint density at radius 3 is 2.12 bits per heavy atom. The number of benzene rings is 2. The zero-order valence-corrected chi connectivity index (χ0v) is 18.5. The van der Waals surface area contributed by atoms with Crippen LogP contribution in [-0.2, 0) is 6.18 Å². The summed E-state index contributed by atoms with van der Waals surface area (Å²) in [5.41, 5.74) is -0.938. The van der Waals surface area contributed by atoms with Gasteiger partial charge in [-0.3, -0.25) is 0 Å². The molecule has 4 aliphatic carbocycles. The van der Waals surface area contributed by atoms with Gasteiger partial charge in [0, 0.05) is 11.8 Å². The van der Waals surface area contributed by atoms with Crippen LogP contribution in [0.1, 0.15) is 54.9 Å². The summed E-state index contributed by atoms with van der Waals surface area (Å²) in [6.45, 7) is 6.04. The Morgan fingerprint density at radius 2 is 1.58 bits per heavy atom. The van der Waals surface area contributed by atoms with Gasteiger partial charge in [0.15, 0.2) is 0 Å². The number of hydrogen-bond donors (Lipinski definition) is 0. The number of rotatable bonds is 5. The zero-order chi connectivity index (χ0) is 23.4. The number of alkyl halides is 3. The Morgan fingerprint density at radius 1 is 0.970 bits per heavy atom. The second kappa shape index (κ2) is 7.93. The van der Waals surface area contributed by atoms with Gasteiger partial charge in [0.1, 0.15) is 17.1 Å². The number of carbonyl (C=O) groups excluding carboxylic acids is 1. The predicted octanol–water partition coefficient (Wildman–Crippen LogP) is 7.07. The number of para-hydroxylation sites is 1. The first kappa shape index (κ1) is 22.1. The molecule has 0 saturated heterocycles. The monoisotopic (exact) mass is 456 g/mol. The molecule has 33 heavy (non-hydrogen) atoms. The van der Waals surface area contributed by atoms with Crippen LogP contribution in [0.2, 0.25) is 0 Å². The normalized spacial score (nSPS) is 30.2. The van der Waals surface area contributed by atoms with Gasteiger partial charge in [0.2, 0.25) is 0 Å². The van der Waals surface area contributed by atoms with Crippen LogP contribution in [0, 0.1) is 23.7 Å². The lowest BCUT2D eigenvalue weighted by Crippen LogP contribution is -2.61. The molecule has 4 bridgehead atoms. The summed E-state index contributed by atoms with van der Waals surface area (Å²) in [4.78, 5) is 12.7. The minimum atomic E-state index is -4.61. The van der Waals surface area contributed by atoms with Crippen molar-refractivity contribution in [3.05, 3.63) is 71.8 Å². The first-order chi connectivity index (χ1) is 15.7. The van der Waals surface area contributed by atoms with E-state index in [-0.39, 0.29) is 23.1 Å². The Labute approximate surface area is 191 Å². The maximum absolute atomic E-state index is 13.9. The molecule has 0 aliphatic heterocycles. The van der Waals surface area contributed by atoms with Crippen molar-refractivity contribution in [2.75, 3.05) is 0 Å². The van der Waals surface area contributed by atoms with Gasteiger partial charge in [-0.2, -0.15) is 13.2 Å². The summed E-state index contributed by atoms with van der Waals surface area (Å²) >= 11 is 0. The van der Waals surface area contributed by atoms with Crippen molar-refractivity contribution in [3.63, 3.8) is 0 Å². The lowest BCUT2D eigenvalue weighted by Gasteiger charge is -2.61. The maximum Gasteiger partial charge on any atom is 0.419 e. The van der Waals surface area contributed by atoms with Gasteiger partial charge < -0.3 is 9.47 Å². The zero-order valence-electron chi connectivity index (χ0n) is 18.5. The molecule has 0 unspecified atom stereocenters. The molecule has 0 radical (unpaired) electrons. The highest BCUT2D eigenvalue weighted by molar-refractivity contribution is 5.91. The summed E-state index contributed by atoms with van der Waals surface area (Å²) in [5.74, 6) is 0.814. The Balaban J connectivity index is 1.52. The van der Waals surface area contributed by atoms with E-state index in [2.05, 4.69) is 6.58 Å². The fourth-order valence-electron chi connectivity index (χ4n) is 6.64. The van der Waals surface area contributed by atoms with E-state index in [1.165, 1.54) is 12.5 Å². The minimum absolute atomic E-state index is 0.0162. The van der Waals surface area contributed by atoms with E-state index in [0.29, 0.717) is 17.6 Å². The van der Waals surface area contributed by atoms with Gasteiger partial charge in [-0.05, 0) is 86.8 Å². The van der Waals surface area contributed by atoms with E-state index in [1.54, 1.807) is 30.3 Å². The van der Waals surface area contributed by atoms with Crippen LogP contribution < -0.4 is 9.47 Å². The molecule has 0 spiro atoms. The molecule has 0 heterocycles. The van der Waals surface area contributed by atoms with E-state index < -0.39 is 23.3 Å². The first-order valence-corrected chi connectivity index (χ1v) is 11.5. The molecule has 4 aliphatic rings. The topological polar surface area (TPSA) is 35.5 Å². The van der Waals surface area contributed by atoms with Gasteiger partial charge in [-0.1, -0.05) is 24.8 Å². The van der Waals surface area contributed by atoms with Gasteiger partial charge in [0.25, 0.3) is 0 Å². The molecule has 4 fully saturated rings. The summed E-state index contributed by atoms with van der Waals surface area (Å²) in [6.07, 6.45) is 0.426. The summed E-state index contributed by atoms with van der Waals surface area (Å²) in [5, 5.41) is 0. The van der Waals surface area contributed by atoms with E-state index in [1.807, 2.05) is 6.92 Å². The molecular weight excluding hydrogens is 429 g/mol. The maximum atomic E-state index is 13.9. The molecule has 3 nitrogen and oxygen atoms in total. The van der Waals surface area contributed by atoms with Gasteiger partial charge in [-0.25, -0.2) is 4.79 Å². The van der Waals surface area contributed by atoms with E-state index in [9.17, 15) is 18.0 Å². The number of ether oxygens (including phenoxy) is 2. The fraction of sp³-hybridized carbons (Fsp3) is 0.444. The molecule has 4 saturated carbocycles. The summed E-state index contributed by atoms with van der Waals surface area (Å²) < 4.78 is 53.6. The third kappa shape index (κ3) is 3.83. The van der Waals surface area contributed by atoms with Crippen molar-refractivity contribution in [3.8, 4) is 11.5 Å². The lowest BCUT2D eigenvalue weighted by atomic mass is 9.48. The molecule has 0 amide bonds. The van der Waals surface area contributed by atoms with Crippen LogP contribution >= 0.6 is 0 Å². The van der Waals surface area contributed by atoms with Crippen molar-refractivity contribution in [2.45, 2.75) is 50.8 Å². The average molecular weight is 457 g/mol. The van der Waals surface area contributed by atoms with Crippen molar-refractivity contribution in [1.82, 2.24) is 0 Å². The predicted molar refractivity (Wildman–Crippen MR) is 118 cm³/mol. The van der Waals surface area contributed by atoms with Crippen LogP contribution in [0.4, 0.5) is 13.2 Å². The molecule has 2 aromatic rings. The first-order valence-electron chi connectivity index (χ1n) is 11.5.